The third kappa shape index (κ3) is 2.83. The largest absolute Gasteiger partial charge is 0.497 e. The Kier molecular flexibility index (Phi) is 4.42. The highest BCUT2D eigenvalue weighted by Gasteiger charge is 2.43. The number of carbonyl (C=O) groups excluding carboxylic acids is 1. The van der Waals surface area contributed by atoms with Gasteiger partial charge < -0.3 is 19.2 Å². The van der Waals surface area contributed by atoms with Gasteiger partial charge in [0, 0.05) is 5.69 Å². The van der Waals surface area contributed by atoms with Crippen LogP contribution in [0.2, 0.25) is 0 Å². The zero-order valence-electron chi connectivity index (χ0n) is 11.4. The van der Waals surface area contributed by atoms with E-state index < -0.39 is 6.10 Å². The Morgan fingerprint density at radius 1 is 1.20 bits per heavy atom. The number of furan rings is 1. The fourth-order valence-corrected chi connectivity index (χ4v) is 1.94. The van der Waals surface area contributed by atoms with Gasteiger partial charge in [-0.2, -0.15) is 0 Å². The van der Waals surface area contributed by atoms with Crippen molar-refractivity contribution in [1.82, 2.24) is 0 Å². The molecule has 5 heteroatoms. The Balaban J connectivity index is 0.000000247. The molecule has 1 aromatic carbocycles. The molecule has 1 amide bonds. The second-order valence-electron chi connectivity index (χ2n) is 4.38. The average Bonchev–Trinajstić information content (AvgIpc) is 3.07. The van der Waals surface area contributed by atoms with Crippen LogP contribution in [0.5, 0.6) is 5.75 Å². The molecule has 0 spiro atoms. The molecule has 2 heterocycles. The van der Waals surface area contributed by atoms with Gasteiger partial charge in [0.1, 0.15) is 5.75 Å². The summed E-state index contributed by atoms with van der Waals surface area (Å²) in [5.41, 5.74) is 0.790. The van der Waals surface area contributed by atoms with Gasteiger partial charge in [-0.15, -0.1) is 0 Å². The van der Waals surface area contributed by atoms with E-state index in [2.05, 4.69) is 4.42 Å². The molecule has 0 radical (unpaired) electrons. The normalized spacial score (nSPS) is 20.8. The van der Waals surface area contributed by atoms with Gasteiger partial charge in [-0.3, -0.25) is 4.79 Å². The van der Waals surface area contributed by atoms with Crippen LogP contribution in [0.15, 0.2) is 53.3 Å². The zero-order valence-corrected chi connectivity index (χ0v) is 11.4. The van der Waals surface area contributed by atoms with Crippen molar-refractivity contribution in [2.24, 2.45) is 0 Å². The molecule has 1 aromatic heterocycles. The van der Waals surface area contributed by atoms with Crippen LogP contribution >= 0.6 is 0 Å². The number of nitrogens with zero attached hydrogens (tertiary/aromatic N) is 1. The number of carbonyl (C=O) groups is 1. The Hall–Kier alpha value is -2.27. The number of rotatable bonds is 2. The van der Waals surface area contributed by atoms with E-state index in [0.29, 0.717) is 0 Å². The first kappa shape index (κ1) is 14.1. The summed E-state index contributed by atoms with van der Waals surface area (Å²) in [5, 5.41) is 9.30. The third-order valence-corrected chi connectivity index (χ3v) is 3.13. The van der Waals surface area contributed by atoms with Gasteiger partial charge in [0.2, 0.25) is 0 Å². The summed E-state index contributed by atoms with van der Waals surface area (Å²) in [4.78, 5) is 12.9. The fourth-order valence-electron chi connectivity index (χ4n) is 1.94. The van der Waals surface area contributed by atoms with Crippen molar-refractivity contribution in [3.05, 3.63) is 48.9 Å². The van der Waals surface area contributed by atoms with E-state index in [1.54, 1.807) is 48.8 Å². The van der Waals surface area contributed by atoms with E-state index in [0.717, 1.165) is 11.4 Å². The van der Waals surface area contributed by atoms with Crippen molar-refractivity contribution in [3.63, 3.8) is 0 Å². The molecule has 3 rings (SSSR count). The average molecular weight is 275 g/mol. The van der Waals surface area contributed by atoms with Gasteiger partial charge in [0.25, 0.3) is 5.91 Å². The van der Waals surface area contributed by atoms with Crippen molar-refractivity contribution in [3.8, 4) is 5.75 Å². The molecule has 20 heavy (non-hydrogen) atoms. The molecule has 0 bridgehead atoms. The van der Waals surface area contributed by atoms with E-state index in [4.69, 9.17) is 4.74 Å². The van der Waals surface area contributed by atoms with Gasteiger partial charge in [-0.05, 0) is 43.3 Å². The first-order valence-electron chi connectivity index (χ1n) is 6.27. The highest BCUT2D eigenvalue weighted by molar-refractivity contribution is 6.04. The number of aliphatic hydroxyl groups is 1. The van der Waals surface area contributed by atoms with Crippen LogP contribution in [-0.2, 0) is 4.79 Å². The second-order valence-corrected chi connectivity index (χ2v) is 4.38. The number of hydrogen-bond donors (Lipinski definition) is 1. The molecule has 2 atom stereocenters. The van der Waals surface area contributed by atoms with Crippen molar-refractivity contribution in [1.29, 1.82) is 0 Å². The predicted octanol–water partition coefficient (Wildman–Crippen LogP) is 2.07. The lowest BCUT2D eigenvalue weighted by molar-refractivity contribution is -0.136. The minimum atomic E-state index is -0.855. The number of ether oxygens (including phenoxy) is 1. The molecule has 1 aliphatic rings. The Morgan fingerprint density at radius 2 is 1.80 bits per heavy atom. The van der Waals surface area contributed by atoms with Crippen LogP contribution in [0.3, 0.4) is 0 Å². The van der Waals surface area contributed by atoms with Gasteiger partial charge in [-0.25, -0.2) is 0 Å². The summed E-state index contributed by atoms with van der Waals surface area (Å²) in [6.07, 6.45) is 2.40. The molecule has 1 N–H and O–H groups in total. The van der Waals surface area contributed by atoms with Crippen molar-refractivity contribution < 1.29 is 19.1 Å². The SMILES string of the molecule is COc1ccc(N2C(=O)[C@@H](O)[C@H]2C)cc1.c1ccoc1. The molecular formula is C15H17NO4. The minimum Gasteiger partial charge on any atom is -0.497 e. The lowest BCUT2D eigenvalue weighted by Gasteiger charge is -2.42. The van der Waals surface area contributed by atoms with Crippen molar-refractivity contribution >= 4 is 11.6 Å². The minimum absolute atomic E-state index is 0.147. The molecule has 1 aliphatic heterocycles. The molecule has 0 saturated carbocycles. The molecule has 5 nitrogen and oxygen atoms in total. The molecule has 1 saturated heterocycles. The maximum Gasteiger partial charge on any atom is 0.258 e. The molecular weight excluding hydrogens is 258 g/mol. The molecule has 0 unspecified atom stereocenters. The third-order valence-electron chi connectivity index (χ3n) is 3.13. The van der Waals surface area contributed by atoms with E-state index >= 15 is 0 Å². The highest BCUT2D eigenvalue weighted by atomic mass is 16.5. The summed E-state index contributed by atoms with van der Waals surface area (Å²) >= 11 is 0. The smallest absolute Gasteiger partial charge is 0.258 e. The number of methoxy groups -OCH3 is 1. The van der Waals surface area contributed by atoms with Crippen LogP contribution in [0.4, 0.5) is 5.69 Å². The zero-order chi connectivity index (χ0) is 14.5. The maximum atomic E-state index is 11.4. The quantitative estimate of drug-likeness (QED) is 0.852. The highest BCUT2D eigenvalue weighted by Crippen LogP contribution is 2.29. The first-order valence-corrected chi connectivity index (χ1v) is 6.27. The van der Waals surface area contributed by atoms with Crippen molar-refractivity contribution in [2.45, 2.75) is 19.1 Å². The summed E-state index contributed by atoms with van der Waals surface area (Å²) in [6.45, 7) is 1.82. The van der Waals surface area contributed by atoms with Gasteiger partial charge in [-0.1, -0.05) is 0 Å². The predicted molar refractivity (Wildman–Crippen MR) is 74.7 cm³/mol. The monoisotopic (exact) mass is 275 g/mol. The Morgan fingerprint density at radius 3 is 2.20 bits per heavy atom. The maximum absolute atomic E-state index is 11.4. The van der Waals surface area contributed by atoms with E-state index in [1.165, 1.54) is 0 Å². The van der Waals surface area contributed by atoms with Crippen LogP contribution < -0.4 is 9.64 Å². The van der Waals surface area contributed by atoms with Crippen LogP contribution in [0.25, 0.3) is 0 Å². The number of β-lactam (4-membered cyclic amide) rings is 1. The first-order chi connectivity index (χ1) is 9.65. The molecule has 106 valence electrons. The lowest BCUT2D eigenvalue weighted by atomic mass is 9.99. The fraction of sp³-hybridized carbons (Fsp3) is 0.267. The molecule has 1 fully saturated rings. The van der Waals surface area contributed by atoms with Crippen LogP contribution in [0.1, 0.15) is 6.92 Å². The lowest BCUT2D eigenvalue weighted by Crippen LogP contribution is -2.63. The summed E-state index contributed by atoms with van der Waals surface area (Å²) in [7, 11) is 1.59. The summed E-state index contributed by atoms with van der Waals surface area (Å²) < 4.78 is 9.61. The number of amides is 1. The van der Waals surface area contributed by atoms with Crippen LogP contribution in [0, 0.1) is 0 Å². The van der Waals surface area contributed by atoms with Crippen molar-refractivity contribution in [2.75, 3.05) is 12.0 Å². The number of anilines is 1. The van der Waals surface area contributed by atoms with Gasteiger partial charge in [0.15, 0.2) is 6.10 Å². The van der Waals surface area contributed by atoms with Gasteiger partial charge >= 0.3 is 0 Å². The Labute approximate surface area is 117 Å². The number of hydrogen-bond acceptors (Lipinski definition) is 4. The summed E-state index contributed by atoms with van der Waals surface area (Å²) in [6, 6.07) is 10.7. The van der Waals surface area contributed by atoms with E-state index in [1.807, 2.05) is 19.1 Å². The van der Waals surface area contributed by atoms with Crippen LogP contribution in [-0.4, -0.2) is 30.3 Å². The molecule has 2 aromatic rings. The van der Waals surface area contributed by atoms with E-state index in [-0.39, 0.29) is 11.9 Å². The van der Waals surface area contributed by atoms with E-state index in [9.17, 15) is 9.90 Å². The molecule has 0 aliphatic carbocycles. The standard InChI is InChI=1S/C11H13NO3.C4H4O/c1-7-10(13)11(14)12(7)8-3-5-9(15-2)6-4-8;1-2-4-5-3-1/h3-7,10,13H,1-2H3;1-4H/t7-,10+;/m1./s1. The van der Waals surface area contributed by atoms with Gasteiger partial charge in [0.05, 0.1) is 25.7 Å². The Bertz CT molecular complexity index is 518. The number of aliphatic hydroxyl groups excluding tert-OH is 1. The second kappa shape index (κ2) is 6.25. The topological polar surface area (TPSA) is 62.9 Å². The number of benzene rings is 1. The summed E-state index contributed by atoms with van der Waals surface area (Å²) in [5.74, 6) is 0.507.